The van der Waals surface area contributed by atoms with Crippen LogP contribution in [-0.2, 0) is 16.4 Å². The molecule has 2 rings (SSSR count). The molecule has 0 spiro atoms. The van der Waals surface area contributed by atoms with Crippen LogP contribution >= 0.6 is 34.9 Å². The highest BCUT2D eigenvalue weighted by molar-refractivity contribution is 7.91. The van der Waals surface area contributed by atoms with Crippen molar-refractivity contribution in [3.63, 3.8) is 0 Å². The molecule has 0 aliphatic rings. The van der Waals surface area contributed by atoms with Gasteiger partial charge in [0.25, 0.3) is 0 Å². The zero-order valence-electron chi connectivity index (χ0n) is 9.70. The normalized spacial score (nSPS) is 11.6. The van der Waals surface area contributed by atoms with Gasteiger partial charge >= 0.3 is 0 Å². The average Bonchev–Trinajstić information content (AvgIpc) is 2.99. The number of nitrogens with one attached hydrogen (secondary N) is 1. The summed E-state index contributed by atoms with van der Waals surface area (Å²) in [6.45, 7) is 0.312. The molecule has 0 aromatic carbocycles. The number of thiazole rings is 1. The minimum Gasteiger partial charge on any atom is -0.389 e. The van der Waals surface area contributed by atoms with E-state index in [1.807, 2.05) is 5.38 Å². The van der Waals surface area contributed by atoms with E-state index >= 15 is 0 Å². The smallest absolute Gasteiger partial charge is 0.250 e. The van der Waals surface area contributed by atoms with E-state index in [9.17, 15) is 8.42 Å². The third-order valence-electron chi connectivity index (χ3n) is 2.25. The van der Waals surface area contributed by atoms with Gasteiger partial charge in [0.15, 0.2) is 0 Å². The molecule has 9 heteroatoms. The van der Waals surface area contributed by atoms with Crippen LogP contribution < -0.4 is 10.5 Å². The molecule has 2 aromatic heterocycles. The second-order valence-electron chi connectivity index (χ2n) is 3.61. The molecule has 0 aliphatic carbocycles. The van der Waals surface area contributed by atoms with Gasteiger partial charge in [0.1, 0.15) is 9.20 Å². The number of hydrogen-bond acceptors (Lipinski definition) is 6. The highest BCUT2D eigenvalue weighted by Crippen LogP contribution is 2.21. The molecule has 0 atom stereocenters. The van der Waals surface area contributed by atoms with Gasteiger partial charge in [-0.3, -0.25) is 0 Å². The summed E-state index contributed by atoms with van der Waals surface area (Å²) in [6.07, 6.45) is 0.566. The predicted octanol–water partition coefficient (Wildman–Crippen LogP) is 1.36. The van der Waals surface area contributed by atoms with Crippen LogP contribution in [0.3, 0.4) is 0 Å². The van der Waals surface area contributed by atoms with E-state index in [2.05, 4.69) is 9.71 Å². The lowest BCUT2D eigenvalue weighted by atomic mass is 10.3. The average molecular weight is 333 g/mol. The van der Waals surface area contributed by atoms with Crippen molar-refractivity contribution in [1.29, 1.82) is 0 Å². The van der Waals surface area contributed by atoms with Gasteiger partial charge in [0.05, 0.1) is 16.1 Å². The van der Waals surface area contributed by atoms with Crippen molar-refractivity contribution in [2.75, 3.05) is 6.54 Å². The summed E-state index contributed by atoms with van der Waals surface area (Å²) in [7, 11) is -3.50. The van der Waals surface area contributed by atoms with Gasteiger partial charge < -0.3 is 5.73 Å². The third-order valence-corrected chi connectivity index (χ3v) is 6.30. The van der Waals surface area contributed by atoms with E-state index in [0.29, 0.717) is 17.8 Å². The predicted molar refractivity (Wildman–Crippen MR) is 81.2 cm³/mol. The number of sulfonamides is 1. The van der Waals surface area contributed by atoms with Crippen LogP contribution in [0.2, 0.25) is 0 Å². The van der Waals surface area contributed by atoms with E-state index in [1.165, 1.54) is 17.4 Å². The number of hydrogen-bond donors (Lipinski definition) is 2. The summed E-state index contributed by atoms with van der Waals surface area (Å²) in [4.78, 5) is 4.88. The van der Waals surface area contributed by atoms with E-state index in [0.717, 1.165) is 17.0 Å². The lowest BCUT2D eigenvalue weighted by Gasteiger charge is -2.03. The molecule has 3 N–H and O–H groups in total. The van der Waals surface area contributed by atoms with E-state index < -0.39 is 10.0 Å². The van der Waals surface area contributed by atoms with E-state index in [-0.39, 0.29) is 9.20 Å². The Balaban J connectivity index is 1.99. The molecule has 0 fully saturated rings. The molecule has 0 aliphatic heterocycles. The maximum Gasteiger partial charge on any atom is 0.250 e. The van der Waals surface area contributed by atoms with Crippen molar-refractivity contribution < 1.29 is 8.42 Å². The van der Waals surface area contributed by atoms with E-state index in [4.69, 9.17) is 18.0 Å². The second-order valence-corrected chi connectivity index (χ2v) is 7.85. The van der Waals surface area contributed by atoms with Crippen LogP contribution in [0.1, 0.15) is 10.6 Å². The topological polar surface area (TPSA) is 85.1 Å². The summed E-state index contributed by atoms with van der Waals surface area (Å²) in [5, 5.41) is 1.89. The van der Waals surface area contributed by atoms with Gasteiger partial charge in [-0.2, -0.15) is 0 Å². The van der Waals surface area contributed by atoms with Crippen molar-refractivity contribution in [1.82, 2.24) is 9.71 Å². The van der Waals surface area contributed by atoms with Crippen LogP contribution in [0.25, 0.3) is 0 Å². The molecule has 0 unspecified atom stereocenters. The fourth-order valence-electron chi connectivity index (χ4n) is 1.34. The van der Waals surface area contributed by atoms with E-state index in [1.54, 1.807) is 11.6 Å². The molecule has 0 radical (unpaired) electrons. The summed E-state index contributed by atoms with van der Waals surface area (Å²) in [6, 6.07) is 3.12. The lowest BCUT2D eigenvalue weighted by molar-refractivity contribution is 0.583. The third kappa shape index (κ3) is 3.80. The van der Waals surface area contributed by atoms with Gasteiger partial charge in [0, 0.05) is 18.3 Å². The molecule has 0 saturated carbocycles. The standard InChI is InChI=1S/C10H11N3O2S4/c11-10(16)8-1-2-9(18-8)19(14,15)13-4-3-7-5-17-6-12-7/h1-2,5-6,13H,3-4H2,(H2,11,16). The van der Waals surface area contributed by atoms with Crippen molar-refractivity contribution in [2.24, 2.45) is 5.73 Å². The Morgan fingerprint density at radius 1 is 1.47 bits per heavy atom. The second kappa shape index (κ2) is 6.06. The first-order chi connectivity index (χ1) is 8.99. The molecule has 2 aromatic rings. The Morgan fingerprint density at radius 3 is 2.84 bits per heavy atom. The van der Waals surface area contributed by atoms with Gasteiger partial charge in [-0.1, -0.05) is 12.2 Å². The number of thiocarbonyl (C=S) groups is 1. The minimum absolute atomic E-state index is 0.203. The van der Waals surface area contributed by atoms with Gasteiger partial charge in [0.2, 0.25) is 10.0 Å². The first-order valence-electron chi connectivity index (χ1n) is 5.25. The Hall–Kier alpha value is -0.870. The molecule has 102 valence electrons. The fourth-order valence-corrected chi connectivity index (χ4v) is 4.36. The summed E-state index contributed by atoms with van der Waals surface area (Å²) in [5.41, 5.74) is 8.05. The number of aromatic nitrogens is 1. The van der Waals surface area contributed by atoms with Crippen LogP contribution in [0, 0.1) is 0 Å². The zero-order valence-corrected chi connectivity index (χ0v) is 13.0. The monoisotopic (exact) mass is 333 g/mol. The van der Waals surface area contributed by atoms with Crippen molar-refractivity contribution in [3.8, 4) is 0 Å². The lowest BCUT2D eigenvalue weighted by Crippen LogP contribution is -2.25. The first-order valence-corrected chi connectivity index (χ1v) is 8.90. The van der Waals surface area contributed by atoms with Crippen molar-refractivity contribution in [2.45, 2.75) is 10.6 Å². The fraction of sp³-hybridized carbons (Fsp3) is 0.200. The van der Waals surface area contributed by atoms with Crippen LogP contribution in [0.5, 0.6) is 0 Å². The first kappa shape index (κ1) is 14.5. The zero-order chi connectivity index (χ0) is 13.9. The maximum absolute atomic E-state index is 12.0. The molecule has 5 nitrogen and oxygen atoms in total. The Kier molecular flexibility index (Phi) is 4.63. The minimum atomic E-state index is -3.50. The Morgan fingerprint density at radius 2 is 2.26 bits per heavy atom. The van der Waals surface area contributed by atoms with Crippen molar-refractivity contribution in [3.05, 3.63) is 33.6 Å². The highest BCUT2D eigenvalue weighted by Gasteiger charge is 2.17. The van der Waals surface area contributed by atoms with Gasteiger partial charge in [-0.05, 0) is 12.1 Å². The molecule has 0 amide bonds. The van der Waals surface area contributed by atoms with Gasteiger partial charge in [-0.15, -0.1) is 22.7 Å². The molecular weight excluding hydrogens is 322 g/mol. The summed E-state index contributed by atoms with van der Waals surface area (Å²) < 4.78 is 26.7. The Labute approximate surface area is 124 Å². The summed E-state index contributed by atoms with van der Waals surface area (Å²) in [5.74, 6) is 0. The molecule has 19 heavy (non-hydrogen) atoms. The molecule has 0 saturated heterocycles. The Bertz CT molecular complexity index is 661. The van der Waals surface area contributed by atoms with Crippen LogP contribution in [0.15, 0.2) is 27.2 Å². The quantitative estimate of drug-likeness (QED) is 0.780. The maximum atomic E-state index is 12.0. The number of nitrogens with two attached hydrogens (primary N) is 1. The number of nitrogens with zero attached hydrogens (tertiary/aromatic N) is 1. The number of thiophene rings is 1. The molecule has 0 bridgehead atoms. The summed E-state index contributed by atoms with van der Waals surface area (Å²) >= 11 is 7.36. The molecular formula is C10H11N3O2S4. The largest absolute Gasteiger partial charge is 0.389 e. The van der Waals surface area contributed by atoms with Crippen LogP contribution in [0.4, 0.5) is 0 Å². The SMILES string of the molecule is NC(=S)c1ccc(S(=O)(=O)NCCc2cscn2)s1. The van der Waals surface area contributed by atoms with Gasteiger partial charge in [-0.25, -0.2) is 18.1 Å². The van der Waals surface area contributed by atoms with Crippen molar-refractivity contribution >= 4 is 49.9 Å². The number of rotatable bonds is 6. The highest BCUT2D eigenvalue weighted by atomic mass is 32.2. The molecule has 2 heterocycles. The van der Waals surface area contributed by atoms with Crippen LogP contribution in [-0.4, -0.2) is 24.9 Å².